The number of aromatic nitrogens is 1. The molecule has 0 spiro atoms. The summed E-state index contributed by atoms with van der Waals surface area (Å²) in [6.45, 7) is 10.8. The predicted molar refractivity (Wildman–Crippen MR) is 139 cm³/mol. The predicted octanol–water partition coefficient (Wildman–Crippen LogP) is 7.53. The number of fused-ring (bicyclic) bond motifs is 3. The molecule has 0 fully saturated rings. The SMILES string of the molecule is Cc1cc2c(oc3c(-c4cccc[n+]4C)c(C)ccc32)c(-c2ccc(C(C)(C)C)cc2)c1C#N. The lowest BCUT2D eigenvalue weighted by molar-refractivity contribution is -0.660. The quantitative estimate of drug-likeness (QED) is 0.264. The first-order valence-corrected chi connectivity index (χ1v) is 11.7. The van der Waals surface area contributed by atoms with Crippen molar-refractivity contribution in [3.05, 3.63) is 89.1 Å². The van der Waals surface area contributed by atoms with Crippen LogP contribution in [-0.2, 0) is 12.5 Å². The molecular weight excluding hydrogens is 416 g/mol. The Bertz CT molecular complexity index is 1610. The molecule has 3 nitrogen and oxygen atoms in total. The summed E-state index contributed by atoms with van der Waals surface area (Å²) in [4.78, 5) is 0. The molecule has 3 aromatic carbocycles. The number of nitrogens with zero attached hydrogens (tertiary/aromatic N) is 2. The fourth-order valence-electron chi connectivity index (χ4n) is 4.86. The minimum atomic E-state index is 0.0650. The second kappa shape index (κ2) is 7.85. The third-order valence-electron chi connectivity index (χ3n) is 6.80. The van der Waals surface area contributed by atoms with Crippen LogP contribution >= 0.6 is 0 Å². The summed E-state index contributed by atoms with van der Waals surface area (Å²) in [7, 11) is 2.05. The maximum absolute atomic E-state index is 10.1. The van der Waals surface area contributed by atoms with E-state index in [1.54, 1.807) is 0 Å². The van der Waals surface area contributed by atoms with Gasteiger partial charge < -0.3 is 4.42 Å². The average molecular weight is 446 g/mol. The molecule has 0 saturated carbocycles. The number of benzene rings is 3. The highest BCUT2D eigenvalue weighted by atomic mass is 16.3. The molecule has 2 heterocycles. The summed E-state index contributed by atoms with van der Waals surface area (Å²) in [6.07, 6.45) is 2.05. The number of nitriles is 1. The van der Waals surface area contributed by atoms with Crippen molar-refractivity contribution >= 4 is 21.9 Å². The monoisotopic (exact) mass is 445 g/mol. The maximum atomic E-state index is 10.1. The van der Waals surface area contributed by atoms with Crippen LogP contribution in [-0.4, -0.2) is 0 Å². The van der Waals surface area contributed by atoms with Crippen molar-refractivity contribution in [3.8, 4) is 28.5 Å². The van der Waals surface area contributed by atoms with Gasteiger partial charge in [0.2, 0.25) is 5.69 Å². The molecule has 0 atom stereocenters. The number of furan rings is 1. The van der Waals surface area contributed by atoms with Gasteiger partial charge in [0.25, 0.3) is 0 Å². The third-order valence-corrected chi connectivity index (χ3v) is 6.80. The van der Waals surface area contributed by atoms with Gasteiger partial charge in [0.1, 0.15) is 24.3 Å². The largest absolute Gasteiger partial charge is 0.454 e. The van der Waals surface area contributed by atoms with Crippen molar-refractivity contribution in [2.24, 2.45) is 7.05 Å². The van der Waals surface area contributed by atoms with Crippen LogP contribution in [0.4, 0.5) is 0 Å². The van der Waals surface area contributed by atoms with Crippen molar-refractivity contribution in [3.63, 3.8) is 0 Å². The Kier molecular flexibility index (Phi) is 5.06. The van der Waals surface area contributed by atoms with Gasteiger partial charge >= 0.3 is 0 Å². The Hall–Kier alpha value is -3.90. The molecule has 168 valence electrons. The van der Waals surface area contributed by atoms with Crippen LogP contribution in [0.5, 0.6) is 0 Å². The lowest BCUT2D eigenvalue weighted by atomic mass is 9.85. The van der Waals surface area contributed by atoms with Crippen LogP contribution in [0.25, 0.3) is 44.3 Å². The molecule has 0 amide bonds. The molecule has 0 saturated heterocycles. The summed E-state index contributed by atoms with van der Waals surface area (Å²) in [5.74, 6) is 0. The Morgan fingerprint density at radius 3 is 2.18 bits per heavy atom. The van der Waals surface area contributed by atoms with E-state index in [-0.39, 0.29) is 5.41 Å². The Morgan fingerprint density at radius 2 is 1.53 bits per heavy atom. The molecular formula is C31H29N2O+. The van der Waals surface area contributed by atoms with Gasteiger partial charge in [-0.05, 0) is 53.6 Å². The molecule has 5 aromatic rings. The Labute approximate surface area is 200 Å². The molecule has 0 bridgehead atoms. The molecule has 0 radical (unpaired) electrons. The van der Waals surface area contributed by atoms with Gasteiger partial charge in [-0.1, -0.05) is 57.2 Å². The summed E-state index contributed by atoms with van der Waals surface area (Å²) in [5, 5.41) is 12.2. The number of hydrogen-bond acceptors (Lipinski definition) is 2. The van der Waals surface area contributed by atoms with Gasteiger partial charge in [-0.2, -0.15) is 5.26 Å². The van der Waals surface area contributed by atoms with Gasteiger partial charge in [0.15, 0.2) is 6.20 Å². The molecule has 34 heavy (non-hydrogen) atoms. The normalized spacial score (nSPS) is 11.8. The molecule has 0 aliphatic rings. The zero-order chi connectivity index (χ0) is 24.2. The molecule has 2 aromatic heterocycles. The van der Waals surface area contributed by atoms with E-state index in [0.29, 0.717) is 5.56 Å². The van der Waals surface area contributed by atoms with Crippen LogP contribution in [0.2, 0.25) is 0 Å². The van der Waals surface area contributed by atoms with E-state index in [9.17, 15) is 5.26 Å². The number of pyridine rings is 1. The van der Waals surface area contributed by atoms with Gasteiger partial charge in [-0.25, -0.2) is 4.57 Å². The summed E-state index contributed by atoms with van der Waals surface area (Å²) in [6, 6.07) is 23.6. The highest BCUT2D eigenvalue weighted by Crippen LogP contribution is 2.43. The first-order valence-electron chi connectivity index (χ1n) is 11.7. The summed E-state index contributed by atoms with van der Waals surface area (Å²) >= 11 is 0. The lowest BCUT2D eigenvalue weighted by Crippen LogP contribution is -2.30. The van der Waals surface area contributed by atoms with Crippen LogP contribution in [0.3, 0.4) is 0 Å². The van der Waals surface area contributed by atoms with Crippen molar-refractivity contribution in [2.45, 2.75) is 40.0 Å². The van der Waals surface area contributed by atoms with Gasteiger partial charge in [-0.15, -0.1) is 0 Å². The van der Waals surface area contributed by atoms with E-state index >= 15 is 0 Å². The summed E-state index contributed by atoms with van der Waals surface area (Å²) in [5.41, 5.74) is 9.79. The highest BCUT2D eigenvalue weighted by Gasteiger charge is 2.24. The van der Waals surface area contributed by atoms with E-state index in [2.05, 4.69) is 106 Å². The first-order chi connectivity index (χ1) is 16.2. The van der Waals surface area contributed by atoms with Crippen LogP contribution in [0, 0.1) is 25.2 Å². The molecule has 3 heteroatoms. The highest BCUT2D eigenvalue weighted by molar-refractivity contribution is 6.14. The zero-order valence-corrected chi connectivity index (χ0v) is 20.7. The smallest absolute Gasteiger partial charge is 0.216 e. The van der Waals surface area contributed by atoms with E-state index in [1.807, 2.05) is 13.0 Å². The van der Waals surface area contributed by atoms with E-state index in [4.69, 9.17) is 4.42 Å². The van der Waals surface area contributed by atoms with Crippen molar-refractivity contribution in [2.75, 3.05) is 0 Å². The fourth-order valence-corrected chi connectivity index (χ4v) is 4.86. The molecule has 0 aliphatic heterocycles. The Morgan fingerprint density at radius 1 is 0.824 bits per heavy atom. The number of rotatable bonds is 2. The first kappa shape index (κ1) is 21.9. The van der Waals surface area contributed by atoms with Crippen LogP contribution in [0.15, 0.2) is 71.3 Å². The third kappa shape index (κ3) is 3.38. The fraction of sp³-hybridized carbons (Fsp3) is 0.226. The second-order valence-electron chi connectivity index (χ2n) is 10.2. The summed E-state index contributed by atoms with van der Waals surface area (Å²) < 4.78 is 8.81. The average Bonchev–Trinajstić information content (AvgIpc) is 3.16. The lowest BCUT2D eigenvalue weighted by Gasteiger charge is -2.19. The van der Waals surface area contributed by atoms with Gasteiger partial charge in [-0.3, -0.25) is 0 Å². The number of aryl methyl sites for hydroxylation is 3. The second-order valence-corrected chi connectivity index (χ2v) is 10.2. The zero-order valence-electron chi connectivity index (χ0n) is 20.7. The molecule has 0 N–H and O–H groups in total. The Balaban J connectivity index is 1.88. The minimum Gasteiger partial charge on any atom is -0.454 e. The molecule has 0 unspecified atom stereocenters. The molecule has 5 rings (SSSR count). The van der Waals surface area contributed by atoms with Crippen LogP contribution in [0.1, 0.15) is 43.0 Å². The standard InChI is InChI=1S/C31H29N2O/c1-19-10-15-23-24-17-20(2)25(18-32)28(21-11-13-22(14-12-21)31(3,4)5)30(24)34-29(23)27(19)26-9-7-8-16-33(26)6/h7-17H,1-6H3/q+1. The maximum Gasteiger partial charge on any atom is 0.216 e. The van der Waals surface area contributed by atoms with E-state index in [0.717, 1.165) is 55.4 Å². The molecule has 0 aliphatic carbocycles. The van der Waals surface area contributed by atoms with Crippen LogP contribution < -0.4 is 4.57 Å². The van der Waals surface area contributed by atoms with E-state index in [1.165, 1.54) is 5.56 Å². The number of hydrogen-bond donors (Lipinski definition) is 0. The van der Waals surface area contributed by atoms with Gasteiger partial charge in [0.05, 0.1) is 11.1 Å². The minimum absolute atomic E-state index is 0.0650. The van der Waals surface area contributed by atoms with Crippen molar-refractivity contribution in [1.29, 1.82) is 5.26 Å². The van der Waals surface area contributed by atoms with E-state index < -0.39 is 0 Å². The van der Waals surface area contributed by atoms with Crippen molar-refractivity contribution in [1.82, 2.24) is 0 Å². The van der Waals surface area contributed by atoms with Gasteiger partial charge in [0, 0.05) is 28.5 Å². The topological polar surface area (TPSA) is 40.8 Å². The van der Waals surface area contributed by atoms with Crippen molar-refractivity contribution < 1.29 is 8.98 Å².